The van der Waals surface area contributed by atoms with E-state index in [1.54, 1.807) is 0 Å². The Balaban J connectivity index is 2.32. The summed E-state index contributed by atoms with van der Waals surface area (Å²) < 4.78 is 0. The van der Waals surface area contributed by atoms with E-state index >= 15 is 0 Å². The maximum atomic E-state index is 11.0. The van der Waals surface area contributed by atoms with Crippen LogP contribution < -0.4 is 16.8 Å². The van der Waals surface area contributed by atoms with Crippen LogP contribution in [0.2, 0.25) is 0 Å². The van der Waals surface area contributed by atoms with Crippen molar-refractivity contribution in [2.24, 2.45) is 11.5 Å². The lowest BCUT2D eigenvalue weighted by Crippen LogP contribution is -2.39. The van der Waals surface area contributed by atoms with Gasteiger partial charge in [0.25, 0.3) is 0 Å². The number of anilines is 1. The summed E-state index contributed by atoms with van der Waals surface area (Å²) in [5.74, 6) is 0. The van der Waals surface area contributed by atoms with Crippen LogP contribution in [0.1, 0.15) is 37.7 Å². The highest BCUT2D eigenvalue weighted by atomic mass is 16.2. The van der Waals surface area contributed by atoms with E-state index in [0.717, 1.165) is 36.9 Å². The molecule has 0 atom stereocenters. The van der Waals surface area contributed by atoms with Gasteiger partial charge in [-0.1, -0.05) is 37.5 Å². The molecule has 1 aliphatic carbocycles. The van der Waals surface area contributed by atoms with Gasteiger partial charge in [0.15, 0.2) is 0 Å². The maximum Gasteiger partial charge on any atom is 0.316 e. The number of hydrogen-bond donors (Lipinski definition) is 3. The van der Waals surface area contributed by atoms with Crippen LogP contribution in [-0.2, 0) is 5.54 Å². The first-order valence-corrected chi connectivity index (χ1v) is 6.07. The number of benzene rings is 1. The quantitative estimate of drug-likeness (QED) is 0.732. The van der Waals surface area contributed by atoms with E-state index in [9.17, 15) is 4.79 Å². The third kappa shape index (κ3) is 2.58. The SMILES string of the molecule is NC(=O)Nc1ccccc1C1(N)CCCCC1. The van der Waals surface area contributed by atoms with Crippen LogP contribution in [0.4, 0.5) is 10.5 Å². The molecule has 92 valence electrons. The van der Waals surface area contributed by atoms with Gasteiger partial charge in [0.1, 0.15) is 0 Å². The minimum absolute atomic E-state index is 0.322. The number of carbonyl (C=O) groups is 1. The van der Waals surface area contributed by atoms with Gasteiger partial charge in [-0.05, 0) is 24.5 Å². The fourth-order valence-corrected chi connectivity index (χ4v) is 2.61. The van der Waals surface area contributed by atoms with Crippen molar-refractivity contribution in [3.05, 3.63) is 29.8 Å². The second-order valence-corrected chi connectivity index (χ2v) is 4.75. The molecule has 0 spiro atoms. The van der Waals surface area contributed by atoms with Crippen molar-refractivity contribution in [1.82, 2.24) is 0 Å². The van der Waals surface area contributed by atoms with E-state index in [-0.39, 0.29) is 5.54 Å². The van der Waals surface area contributed by atoms with Gasteiger partial charge >= 0.3 is 6.03 Å². The molecule has 4 nitrogen and oxygen atoms in total. The zero-order valence-corrected chi connectivity index (χ0v) is 9.91. The van der Waals surface area contributed by atoms with Gasteiger partial charge in [-0.3, -0.25) is 0 Å². The molecule has 0 radical (unpaired) electrons. The van der Waals surface area contributed by atoms with Crippen LogP contribution >= 0.6 is 0 Å². The maximum absolute atomic E-state index is 11.0. The van der Waals surface area contributed by atoms with Crippen LogP contribution in [0.15, 0.2) is 24.3 Å². The Labute approximate surface area is 101 Å². The fraction of sp³-hybridized carbons (Fsp3) is 0.462. The molecule has 2 rings (SSSR count). The third-order valence-corrected chi connectivity index (χ3v) is 3.47. The number of amides is 2. The van der Waals surface area contributed by atoms with Crippen LogP contribution in [0.5, 0.6) is 0 Å². The summed E-state index contributed by atoms with van der Waals surface area (Å²) in [6.45, 7) is 0. The molecule has 5 N–H and O–H groups in total. The van der Waals surface area contributed by atoms with Crippen molar-refractivity contribution in [3.8, 4) is 0 Å². The predicted octanol–water partition coefficient (Wildman–Crippen LogP) is 2.30. The number of rotatable bonds is 2. The van der Waals surface area contributed by atoms with E-state index < -0.39 is 6.03 Å². The molecule has 1 aliphatic rings. The van der Waals surface area contributed by atoms with Crippen molar-refractivity contribution in [1.29, 1.82) is 0 Å². The Hall–Kier alpha value is -1.55. The molecule has 1 fully saturated rings. The minimum Gasteiger partial charge on any atom is -0.351 e. The average molecular weight is 233 g/mol. The summed E-state index contributed by atoms with van der Waals surface area (Å²) in [7, 11) is 0. The van der Waals surface area contributed by atoms with Gasteiger partial charge in [0, 0.05) is 11.2 Å². The molecule has 0 bridgehead atoms. The smallest absolute Gasteiger partial charge is 0.316 e. The lowest BCUT2D eigenvalue weighted by Gasteiger charge is -2.35. The molecule has 1 aromatic carbocycles. The van der Waals surface area contributed by atoms with Gasteiger partial charge in [-0.15, -0.1) is 0 Å². The highest BCUT2D eigenvalue weighted by Gasteiger charge is 2.31. The standard InChI is InChI=1S/C13H19N3O/c14-12(17)16-11-7-3-2-6-10(11)13(15)8-4-1-5-9-13/h2-3,6-7H,1,4-5,8-9,15H2,(H3,14,16,17). The van der Waals surface area contributed by atoms with Gasteiger partial charge in [0.2, 0.25) is 0 Å². The number of nitrogens with one attached hydrogen (secondary N) is 1. The second kappa shape index (κ2) is 4.75. The first kappa shape index (κ1) is 11.9. The average Bonchev–Trinajstić information content (AvgIpc) is 2.30. The van der Waals surface area contributed by atoms with Gasteiger partial charge in [0.05, 0.1) is 0 Å². The number of nitrogens with two attached hydrogens (primary N) is 2. The van der Waals surface area contributed by atoms with Gasteiger partial charge in [-0.25, -0.2) is 4.79 Å². The van der Waals surface area contributed by atoms with Crippen molar-refractivity contribution >= 4 is 11.7 Å². The normalized spacial score (nSPS) is 18.6. The Bertz CT molecular complexity index is 411. The fourth-order valence-electron chi connectivity index (χ4n) is 2.61. The molecule has 1 aromatic rings. The lowest BCUT2D eigenvalue weighted by molar-refractivity contribution is 0.259. The summed E-state index contributed by atoms with van der Waals surface area (Å²) in [6.07, 6.45) is 5.45. The van der Waals surface area contributed by atoms with Crippen molar-refractivity contribution < 1.29 is 4.79 Å². The van der Waals surface area contributed by atoms with E-state index in [2.05, 4.69) is 5.32 Å². The second-order valence-electron chi connectivity index (χ2n) is 4.75. The zero-order valence-electron chi connectivity index (χ0n) is 9.91. The largest absolute Gasteiger partial charge is 0.351 e. The van der Waals surface area contributed by atoms with Crippen molar-refractivity contribution in [3.63, 3.8) is 0 Å². The van der Waals surface area contributed by atoms with E-state index in [1.165, 1.54) is 6.42 Å². The van der Waals surface area contributed by atoms with Crippen LogP contribution in [0, 0.1) is 0 Å². The first-order chi connectivity index (χ1) is 8.12. The van der Waals surface area contributed by atoms with Crippen LogP contribution in [0.3, 0.4) is 0 Å². The molecule has 0 saturated heterocycles. The monoisotopic (exact) mass is 233 g/mol. The Morgan fingerprint density at radius 1 is 1.18 bits per heavy atom. The summed E-state index contributed by atoms with van der Waals surface area (Å²) in [4.78, 5) is 11.0. The van der Waals surface area contributed by atoms with Gasteiger partial charge in [-0.2, -0.15) is 0 Å². The Morgan fingerprint density at radius 2 is 1.82 bits per heavy atom. The highest BCUT2D eigenvalue weighted by molar-refractivity contribution is 5.88. The Kier molecular flexibility index (Phi) is 3.33. The topological polar surface area (TPSA) is 81.1 Å². The molecule has 0 unspecified atom stereocenters. The van der Waals surface area contributed by atoms with E-state index in [0.29, 0.717) is 0 Å². The third-order valence-electron chi connectivity index (χ3n) is 3.47. The summed E-state index contributed by atoms with van der Waals surface area (Å²) in [6, 6.07) is 7.11. The Morgan fingerprint density at radius 3 is 2.47 bits per heavy atom. The zero-order chi connectivity index (χ0) is 12.3. The molecule has 0 aromatic heterocycles. The molecule has 2 amide bonds. The molecule has 0 aliphatic heterocycles. The molecule has 0 heterocycles. The molecule has 17 heavy (non-hydrogen) atoms. The summed E-state index contributed by atoms with van der Waals surface area (Å²) in [5.41, 5.74) is 13.1. The molecular formula is C13H19N3O. The minimum atomic E-state index is -0.545. The van der Waals surface area contributed by atoms with Gasteiger partial charge < -0.3 is 16.8 Å². The number of hydrogen-bond acceptors (Lipinski definition) is 2. The number of primary amides is 1. The van der Waals surface area contributed by atoms with Crippen molar-refractivity contribution in [2.75, 3.05) is 5.32 Å². The van der Waals surface area contributed by atoms with E-state index in [1.807, 2.05) is 24.3 Å². The predicted molar refractivity (Wildman–Crippen MR) is 68.6 cm³/mol. The summed E-state index contributed by atoms with van der Waals surface area (Å²) in [5, 5.41) is 2.65. The molecular weight excluding hydrogens is 214 g/mol. The molecule has 4 heteroatoms. The van der Waals surface area contributed by atoms with Crippen LogP contribution in [-0.4, -0.2) is 6.03 Å². The lowest BCUT2D eigenvalue weighted by atomic mass is 9.77. The number of carbonyl (C=O) groups excluding carboxylic acids is 1. The van der Waals surface area contributed by atoms with Crippen LogP contribution in [0.25, 0.3) is 0 Å². The first-order valence-electron chi connectivity index (χ1n) is 6.07. The number of urea groups is 1. The van der Waals surface area contributed by atoms with Crippen molar-refractivity contribution in [2.45, 2.75) is 37.6 Å². The molecule has 1 saturated carbocycles. The number of para-hydroxylation sites is 1. The summed E-state index contributed by atoms with van der Waals surface area (Å²) >= 11 is 0. The highest BCUT2D eigenvalue weighted by Crippen LogP contribution is 2.38. The van der Waals surface area contributed by atoms with E-state index in [4.69, 9.17) is 11.5 Å².